The van der Waals surface area contributed by atoms with Crippen LogP contribution >= 0.6 is 27.5 Å². The minimum atomic E-state index is -0.717. The molecule has 0 aliphatic rings. The van der Waals surface area contributed by atoms with Crippen LogP contribution in [-0.4, -0.2) is 35.4 Å². The predicted octanol–water partition coefficient (Wildman–Crippen LogP) is 5.65. The van der Waals surface area contributed by atoms with Crippen LogP contribution in [0.15, 0.2) is 83.3 Å². The number of nitrogens with one attached hydrogen (secondary N) is 1. The molecule has 3 aromatic carbocycles. The third kappa shape index (κ3) is 7.61. The molecule has 7 heteroatoms. The fraction of sp³-hybridized carbons (Fsp3) is 0.259. The molecule has 0 bridgehead atoms. The van der Waals surface area contributed by atoms with Crippen molar-refractivity contribution in [3.05, 3.63) is 99.5 Å². The van der Waals surface area contributed by atoms with Crippen LogP contribution in [0.1, 0.15) is 25.0 Å². The third-order valence-electron chi connectivity index (χ3n) is 5.13. The van der Waals surface area contributed by atoms with Gasteiger partial charge < -0.3 is 15.0 Å². The molecule has 1 atom stereocenters. The molecular formula is C27H28BrClN2O3. The fourth-order valence-electron chi connectivity index (χ4n) is 3.55. The zero-order valence-electron chi connectivity index (χ0n) is 19.2. The maximum Gasteiger partial charge on any atom is 0.261 e. The molecule has 3 rings (SSSR count). The summed E-state index contributed by atoms with van der Waals surface area (Å²) in [7, 11) is 0. The largest absolute Gasteiger partial charge is 0.482 e. The van der Waals surface area contributed by atoms with E-state index in [9.17, 15) is 9.59 Å². The Morgan fingerprint density at radius 1 is 0.971 bits per heavy atom. The molecular weight excluding hydrogens is 516 g/mol. The zero-order valence-corrected chi connectivity index (χ0v) is 21.6. The molecule has 0 aliphatic heterocycles. The van der Waals surface area contributed by atoms with Gasteiger partial charge in [0, 0.05) is 23.5 Å². The number of rotatable bonds is 10. The van der Waals surface area contributed by atoms with Crippen molar-refractivity contribution in [2.24, 2.45) is 0 Å². The Labute approximate surface area is 214 Å². The lowest BCUT2D eigenvalue weighted by atomic mass is 10.0. The number of nitrogens with zero attached hydrogens (tertiary/aromatic N) is 1. The van der Waals surface area contributed by atoms with Crippen molar-refractivity contribution in [1.82, 2.24) is 10.2 Å². The highest BCUT2D eigenvalue weighted by molar-refractivity contribution is 9.10. The van der Waals surface area contributed by atoms with Crippen LogP contribution in [0.3, 0.4) is 0 Å². The van der Waals surface area contributed by atoms with E-state index >= 15 is 0 Å². The van der Waals surface area contributed by atoms with Crippen molar-refractivity contribution in [1.29, 1.82) is 0 Å². The number of halogens is 2. The minimum absolute atomic E-state index is 0.0621. The molecule has 3 aromatic rings. The summed E-state index contributed by atoms with van der Waals surface area (Å²) in [6.45, 7) is 3.82. The summed E-state index contributed by atoms with van der Waals surface area (Å²) in [5, 5.41) is 3.40. The summed E-state index contributed by atoms with van der Waals surface area (Å²) in [5.74, 6) is -0.0918. The Balaban J connectivity index is 1.92. The van der Waals surface area contributed by atoms with Crippen molar-refractivity contribution in [2.75, 3.05) is 6.61 Å². The molecule has 1 N–H and O–H groups in total. The van der Waals surface area contributed by atoms with Crippen molar-refractivity contribution in [2.45, 2.75) is 38.9 Å². The molecule has 0 saturated carbocycles. The Bertz CT molecular complexity index is 1110. The van der Waals surface area contributed by atoms with Gasteiger partial charge in [0.1, 0.15) is 11.8 Å². The lowest BCUT2D eigenvalue weighted by molar-refractivity contribution is -0.143. The van der Waals surface area contributed by atoms with Gasteiger partial charge in [0.15, 0.2) is 6.61 Å². The van der Waals surface area contributed by atoms with Crippen molar-refractivity contribution in [3.8, 4) is 5.75 Å². The summed E-state index contributed by atoms with van der Waals surface area (Å²) >= 11 is 9.68. The first kappa shape index (κ1) is 25.8. The van der Waals surface area contributed by atoms with Crippen LogP contribution in [0.4, 0.5) is 0 Å². The SMILES string of the molecule is CC(C)NC(=O)[C@@H](Cc1ccccc1)N(Cc1cccc(Br)c1)C(=O)COc1ccccc1Cl. The number of benzene rings is 3. The van der Waals surface area contributed by atoms with E-state index in [0.29, 0.717) is 17.2 Å². The molecule has 2 amide bonds. The molecule has 34 heavy (non-hydrogen) atoms. The Kier molecular flexibility index (Phi) is 9.54. The quantitative estimate of drug-likeness (QED) is 0.360. The molecule has 0 saturated heterocycles. The smallest absolute Gasteiger partial charge is 0.261 e. The molecule has 0 heterocycles. The highest BCUT2D eigenvalue weighted by Gasteiger charge is 2.31. The van der Waals surface area contributed by atoms with E-state index in [4.69, 9.17) is 16.3 Å². The van der Waals surface area contributed by atoms with E-state index in [1.165, 1.54) is 0 Å². The Hall–Kier alpha value is -2.83. The number of para-hydroxylation sites is 1. The summed E-state index contributed by atoms with van der Waals surface area (Å²) in [5.41, 5.74) is 1.86. The highest BCUT2D eigenvalue weighted by atomic mass is 79.9. The van der Waals surface area contributed by atoms with Gasteiger partial charge in [-0.15, -0.1) is 0 Å². The van der Waals surface area contributed by atoms with Gasteiger partial charge >= 0.3 is 0 Å². The van der Waals surface area contributed by atoms with Crippen LogP contribution < -0.4 is 10.1 Å². The number of carbonyl (C=O) groups is 2. The Morgan fingerprint density at radius 2 is 1.65 bits per heavy atom. The van der Waals surface area contributed by atoms with Crippen LogP contribution in [0, 0.1) is 0 Å². The fourth-order valence-corrected chi connectivity index (χ4v) is 4.19. The molecule has 0 aromatic heterocycles. The van der Waals surface area contributed by atoms with Crippen molar-refractivity contribution in [3.63, 3.8) is 0 Å². The average molecular weight is 544 g/mol. The van der Waals surface area contributed by atoms with E-state index in [-0.39, 0.29) is 31.0 Å². The molecule has 0 radical (unpaired) electrons. The van der Waals surface area contributed by atoms with Crippen LogP contribution in [0.2, 0.25) is 5.02 Å². The second-order valence-electron chi connectivity index (χ2n) is 8.24. The molecule has 5 nitrogen and oxygen atoms in total. The number of hydrogen-bond donors (Lipinski definition) is 1. The number of ether oxygens (including phenoxy) is 1. The monoisotopic (exact) mass is 542 g/mol. The third-order valence-corrected chi connectivity index (χ3v) is 5.94. The average Bonchev–Trinajstić information content (AvgIpc) is 2.81. The van der Waals surface area contributed by atoms with E-state index in [1.54, 1.807) is 29.2 Å². The van der Waals surface area contributed by atoms with E-state index in [2.05, 4.69) is 21.2 Å². The van der Waals surface area contributed by atoms with Gasteiger partial charge in [-0.05, 0) is 49.2 Å². The topological polar surface area (TPSA) is 58.6 Å². The van der Waals surface area contributed by atoms with Crippen molar-refractivity contribution < 1.29 is 14.3 Å². The maximum atomic E-state index is 13.5. The first-order valence-corrected chi connectivity index (χ1v) is 12.3. The molecule has 178 valence electrons. The van der Waals surface area contributed by atoms with Gasteiger partial charge in [-0.2, -0.15) is 0 Å². The zero-order chi connectivity index (χ0) is 24.5. The molecule has 0 spiro atoms. The molecule has 0 aliphatic carbocycles. The standard InChI is InChI=1S/C27H28BrClN2O3/c1-19(2)30-27(33)24(16-20-9-4-3-5-10-20)31(17-21-11-8-12-22(28)15-21)26(32)18-34-25-14-7-6-13-23(25)29/h3-15,19,24H,16-18H2,1-2H3,(H,30,33)/t24-/m1/s1. The lowest BCUT2D eigenvalue weighted by Crippen LogP contribution is -2.52. The Morgan fingerprint density at radius 3 is 2.32 bits per heavy atom. The van der Waals surface area contributed by atoms with Crippen LogP contribution in [-0.2, 0) is 22.6 Å². The van der Waals surface area contributed by atoms with E-state index < -0.39 is 6.04 Å². The first-order chi connectivity index (χ1) is 16.3. The van der Waals surface area contributed by atoms with Crippen LogP contribution in [0.5, 0.6) is 5.75 Å². The van der Waals surface area contributed by atoms with Gasteiger partial charge in [0.05, 0.1) is 5.02 Å². The van der Waals surface area contributed by atoms with Gasteiger partial charge in [-0.3, -0.25) is 9.59 Å². The molecule has 0 fully saturated rings. The summed E-state index contributed by atoms with van der Waals surface area (Å²) in [6.07, 6.45) is 0.380. The van der Waals surface area contributed by atoms with E-state index in [1.807, 2.05) is 68.4 Å². The summed E-state index contributed by atoms with van der Waals surface area (Å²) in [6, 6.07) is 23.6. The second kappa shape index (κ2) is 12.6. The maximum absolute atomic E-state index is 13.5. The highest BCUT2D eigenvalue weighted by Crippen LogP contribution is 2.24. The van der Waals surface area contributed by atoms with Gasteiger partial charge in [0.25, 0.3) is 5.91 Å². The lowest BCUT2D eigenvalue weighted by Gasteiger charge is -2.32. The summed E-state index contributed by atoms with van der Waals surface area (Å²) in [4.78, 5) is 28.4. The van der Waals surface area contributed by atoms with E-state index in [0.717, 1.165) is 15.6 Å². The van der Waals surface area contributed by atoms with Gasteiger partial charge in [0.2, 0.25) is 5.91 Å². The van der Waals surface area contributed by atoms with Gasteiger partial charge in [-0.1, -0.05) is 82.1 Å². The number of amides is 2. The summed E-state index contributed by atoms with van der Waals surface area (Å²) < 4.78 is 6.64. The normalized spacial score (nSPS) is 11.7. The van der Waals surface area contributed by atoms with Gasteiger partial charge in [-0.25, -0.2) is 0 Å². The predicted molar refractivity (Wildman–Crippen MR) is 139 cm³/mol. The number of carbonyl (C=O) groups excluding carboxylic acids is 2. The minimum Gasteiger partial charge on any atom is -0.482 e. The number of hydrogen-bond acceptors (Lipinski definition) is 3. The van der Waals surface area contributed by atoms with Crippen LogP contribution in [0.25, 0.3) is 0 Å². The molecule has 0 unspecified atom stereocenters. The van der Waals surface area contributed by atoms with Crippen molar-refractivity contribution >= 4 is 39.3 Å². The first-order valence-electron chi connectivity index (χ1n) is 11.1. The second-order valence-corrected chi connectivity index (χ2v) is 9.56.